The summed E-state index contributed by atoms with van der Waals surface area (Å²) < 4.78 is 37.1. The van der Waals surface area contributed by atoms with E-state index in [0.29, 0.717) is 0 Å². The Balaban J connectivity index is -0.000000648. The first kappa shape index (κ1) is 110. The van der Waals surface area contributed by atoms with E-state index in [1.807, 2.05) is 0 Å². The van der Waals surface area contributed by atoms with Crippen molar-refractivity contribution < 1.29 is 423 Å². The molecule has 1 aliphatic rings. The van der Waals surface area contributed by atoms with Gasteiger partial charge in [-0.15, -0.1) is 0 Å². The van der Waals surface area contributed by atoms with Gasteiger partial charge >= 0.3 is 296 Å². The van der Waals surface area contributed by atoms with Crippen LogP contribution in [0.2, 0.25) is 0 Å². The van der Waals surface area contributed by atoms with Crippen LogP contribution in [0.3, 0.4) is 0 Å². The number of carbonyl (C=O) groups is 10. The number of rotatable bonds is 46. The molecule has 0 radical (unpaired) electrons. The fourth-order valence-corrected chi connectivity index (χ4v) is 10.9. The Hall–Kier alpha value is 6.21. The molecule has 1 aliphatic heterocycles. The Morgan fingerprint density at radius 1 is 0.329 bits per heavy atom. The minimum atomic E-state index is -1.66. The summed E-state index contributed by atoms with van der Waals surface area (Å²) >= 11 is 3.68. The van der Waals surface area contributed by atoms with E-state index in [-0.39, 0.29) is 396 Å². The van der Waals surface area contributed by atoms with Gasteiger partial charge in [-0.1, -0.05) is 0 Å². The van der Waals surface area contributed by atoms with Crippen LogP contribution in [0.1, 0.15) is 64.2 Å². The normalized spacial score (nSPS) is 17.4. The summed E-state index contributed by atoms with van der Waals surface area (Å²) in [6.45, 7) is -1.20. The van der Waals surface area contributed by atoms with Gasteiger partial charge in [0.1, 0.15) is 24.4 Å². The zero-order valence-corrected chi connectivity index (χ0v) is 72.4. The molecule has 1 fully saturated rings. The van der Waals surface area contributed by atoms with Crippen LogP contribution in [-0.2, 0) is 76.4 Å². The first-order chi connectivity index (χ1) is 34.0. The van der Waals surface area contributed by atoms with E-state index < -0.39 is 149 Å². The van der Waals surface area contributed by atoms with E-state index in [1.54, 1.807) is 0 Å². The van der Waals surface area contributed by atoms with E-state index in [1.165, 1.54) is 0 Å². The number of carboxylic acids is 10. The molecular formula is C41H52Na10O26S5. The Kier molecular flexibility index (Phi) is 89.9. The first-order valence-corrected chi connectivity index (χ1v) is 27.1. The maximum Gasteiger partial charge on any atom is 1.00 e. The SMILES string of the molecule is O=C([O-])CC(SCCCOCC1OC(OCCCSC(CC(=O)[O-])C(=O)[O-])C(OCCCSC(CC(=O)[O-])C(=O)[O-])C(OCCCSC(CC(=O)[O-])C(=O)[O-])C1OCCCSC(CC(=O)[O-])C(=O)[O-])C(=O)[O-].[Na+].[Na+].[Na+].[Na+].[Na+].[Na+].[Na+].[Na+].[Na+].[Na+]. The molecule has 0 amide bonds. The fourth-order valence-electron chi connectivity index (χ4n) is 6.10. The Bertz CT molecular complexity index is 1790. The van der Waals surface area contributed by atoms with Crippen molar-refractivity contribution in [3.63, 3.8) is 0 Å². The third kappa shape index (κ3) is 54.5. The molecule has 0 aromatic heterocycles. The van der Waals surface area contributed by atoms with Crippen molar-refractivity contribution in [3.8, 4) is 0 Å². The van der Waals surface area contributed by atoms with Gasteiger partial charge in [-0.2, -0.15) is 58.8 Å². The standard InChI is InChI=1S/C41H62O26S5.10Na/c42-28(43)16-23(36(52)53)68-11-1-6-62-21-22-33(63-7-2-12-69-24(37(54)55)17-29(44)45)34(64-8-3-13-70-25(38(56)57)18-30(46)47)35(65-9-4-14-71-26(39(58)59)19-31(48)49)41(67-22)66-10-5-15-72-27(40(60)61)20-32(50)51;;;;;;;;;;/h22-27,33-35,41H,1-21H2,(H,42,43)(H,44,45)(H,46,47)(H,48,49)(H,50,51)(H,52,53)(H,54,55)(H,56,57)(H,58,59)(H,60,61);;;;;;;;;;/q;10*+1/p-10. The first-order valence-electron chi connectivity index (χ1n) is 21.8. The predicted molar refractivity (Wildman–Crippen MR) is 232 cm³/mol. The molecule has 10 atom stereocenters. The minimum Gasteiger partial charge on any atom is -0.550 e. The average Bonchev–Trinajstić information content (AvgIpc) is 3.27. The monoisotopic (exact) mass is 1350 g/mol. The zero-order chi connectivity index (χ0) is 54.2. The van der Waals surface area contributed by atoms with Crippen molar-refractivity contribution in [1.29, 1.82) is 0 Å². The van der Waals surface area contributed by atoms with Crippen LogP contribution in [0.25, 0.3) is 0 Å². The van der Waals surface area contributed by atoms with Gasteiger partial charge in [0.15, 0.2) is 6.29 Å². The van der Waals surface area contributed by atoms with Crippen LogP contribution in [0.4, 0.5) is 0 Å². The average molecular weight is 1350 g/mol. The number of thioether (sulfide) groups is 5. The molecule has 1 saturated heterocycles. The van der Waals surface area contributed by atoms with E-state index in [4.69, 9.17) is 28.4 Å². The van der Waals surface area contributed by atoms with Gasteiger partial charge in [0.05, 0.1) is 43.1 Å². The van der Waals surface area contributed by atoms with E-state index in [2.05, 4.69) is 0 Å². The van der Waals surface area contributed by atoms with Gasteiger partial charge < -0.3 is 127 Å². The van der Waals surface area contributed by atoms with Crippen LogP contribution in [0.15, 0.2) is 0 Å². The number of carbonyl (C=O) groups excluding carboxylic acids is 10. The largest absolute Gasteiger partial charge is 1.00 e. The van der Waals surface area contributed by atoms with Gasteiger partial charge in [-0.05, 0) is 60.9 Å². The summed E-state index contributed by atoms with van der Waals surface area (Å²) in [6.07, 6.45) is -10.1. The minimum absolute atomic E-state index is 0. The Morgan fingerprint density at radius 3 is 0.817 bits per heavy atom. The van der Waals surface area contributed by atoms with Crippen molar-refractivity contribution >= 4 is 119 Å². The van der Waals surface area contributed by atoms with Gasteiger partial charge in [0, 0.05) is 115 Å². The number of carboxylic acid groups (broad SMARTS) is 10. The predicted octanol–water partition coefficient (Wildman–Crippen LogP) is -41.2. The summed E-state index contributed by atoms with van der Waals surface area (Å²) in [7, 11) is 0. The second-order valence-electron chi connectivity index (χ2n) is 15.0. The van der Waals surface area contributed by atoms with E-state index >= 15 is 0 Å². The van der Waals surface area contributed by atoms with Gasteiger partial charge in [0.2, 0.25) is 0 Å². The van der Waals surface area contributed by atoms with E-state index in [9.17, 15) is 99.0 Å². The fraction of sp³-hybridized carbons (Fsp3) is 0.756. The Labute approximate surface area is 717 Å². The molecular weight excluding hydrogens is 1300 g/mol. The molecule has 0 aromatic carbocycles. The topological polar surface area (TPSA) is 457 Å². The van der Waals surface area contributed by atoms with Crippen LogP contribution < -0.4 is 347 Å². The van der Waals surface area contributed by atoms with Crippen LogP contribution in [0.5, 0.6) is 0 Å². The summed E-state index contributed by atoms with van der Waals surface area (Å²) in [5.41, 5.74) is 0. The molecule has 0 saturated carbocycles. The molecule has 41 heteroatoms. The quantitative estimate of drug-likeness (QED) is 0.0403. The molecule has 0 aromatic rings. The van der Waals surface area contributed by atoms with Crippen LogP contribution in [-0.4, -0.2) is 185 Å². The number of hydrogen-bond acceptors (Lipinski definition) is 31. The second kappa shape index (κ2) is 67.2. The molecule has 1 rings (SSSR count). The molecule has 0 bridgehead atoms. The molecule has 82 heavy (non-hydrogen) atoms. The molecule has 10 unspecified atom stereocenters. The van der Waals surface area contributed by atoms with Crippen molar-refractivity contribution in [2.75, 3.05) is 68.4 Å². The third-order valence-electron chi connectivity index (χ3n) is 9.34. The van der Waals surface area contributed by atoms with Crippen molar-refractivity contribution in [3.05, 3.63) is 0 Å². The van der Waals surface area contributed by atoms with E-state index in [0.717, 1.165) is 58.8 Å². The van der Waals surface area contributed by atoms with Crippen molar-refractivity contribution in [2.24, 2.45) is 0 Å². The molecule has 412 valence electrons. The van der Waals surface area contributed by atoms with Crippen molar-refractivity contribution in [1.82, 2.24) is 0 Å². The number of aliphatic carboxylic acids is 10. The molecule has 1 heterocycles. The molecule has 0 spiro atoms. The van der Waals surface area contributed by atoms with Crippen molar-refractivity contribution in [2.45, 2.75) is 121 Å². The van der Waals surface area contributed by atoms with Crippen LogP contribution >= 0.6 is 58.8 Å². The Morgan fingerprint density at radius 2 is 0.561 bits per heavy atom. The maximum absolute atomic E-state index is 11.5. The third-order valence-corrected chi connectivity index (χ3v) is 15.8. The number of hydrogen-bond donors (Lipinski definition) is 0. The zero-order valence-electron chi connectivity index (χ0n) is 48.3. The summed E-state index contributed by atoms with van der Waals surface area (Å²) in [5.74, 6) is -16.2. The molecule has 0 N–H and O–H groups in total. The van der Waals surface area contributed by atoms with Gasteiger partial charge in [-0.3, -0.25) is 0 Å². The summed E-state index contributed by atoms with van der Waals surface area (Å²) in [4.78, 5) is 113. The smallest absolute Gasteiger partial charge is 0.550 e. The van der Waals surface area contributed by atoms with Crippen LogP contribution in [0, 0.1) is 0 Å². The molecule has 26 nitrogen and oxygen atoms in total. The van der Waals surface area contributed by atoms with Gasteiger partial charge in [-0.25, -0.2) is 0 Å². The maximum atomic E-state index is 11.5. The second-order valence-corrected chi connectivity index (χ2v) is 21.6. The summed E-state index contributed by atoms with van der Waals surface area (Å²) in [6, 6.07) is 0. The molecule has 0 aliphatic carbocycles. The van der Waals surface area contributed by atoms with Gasteiger partial charge in [0.25, 0.3) is 0 Å². The summed E-state index contributed by atoms with van der Waals surface area (Å²) in [5, 5.41) is 106. The number of ether oxygens (including phenoxy) is 6.